The van der Waals surface area contributed by atoms with Crippen molar-refractivity contribution in [2.45, 2.75) is 50.4 Å². The molecule has 0 bridgehead atoms. The number of alkyl halides is 2. The van der Waals surface area contributed by atoms with Gasteiger partial charge in [0.1, 0.15) is 48.3 Å². The molecule has 1 saturated heterocycles. The molecule has 0 spiro atoms. The summed E-state index contributed by atoms with van der Waals surface area (Å²) >= 11 is 0. The van der Waals surface area contributed by atoms with E-state index in [2.05, 4.69) is 29.9 Å². The van der Waals surface area contributed by atoms with E-state index in [0.29, 0.717) is 0 Å². The van der Waals surface area contributed by atoms with Gasteiger partial charge in [0.15, 0.2) is 41.6 Å². The molecule has 1 aliphatic heterocycles. The lowest BCUT2D eigenvalue weighted by Crippen LogP contribution is -2.34. The number of nitrogens with zero attached hydrogens (tertiary/aromatic N) is 8. The molecule has 0 aromatic carbocycles. The first-order chi connectivity index (χ1) is 20.9. The number of aromatic nitrogens is 8. The van der Waals surface area contributed by atoms with Gasteiger partial charge in [-0.15, -0.1) is 0 Å². The van der Waals surface area contributed by atoms with Crippen molar-refractivity contribution in [3.8, 4) is 0 Å². The number of phosphoric acid groups is 1. The van der Waals surface area contributed by atoms with Gasteiger partial charge in [0.05, 0.1) is 19.3 Å². The summed E-state index contributed by atoms with van der Waals surface area (Å²) in [5.74, 6) is -0.00901. The molecule has 4 aromatic rings. The number of hydrogen-bond acceptors (Lipinski definition) is 16. The van der Waals surface area contributed by atoms with E-state index in [1.165, 1.54) is 17.8 Å². The molecule has 24 heteroatoms. The van der Waals surface area contributed by atoms with Gasteiger partial charge in [0.25, 0.3) is 0 Å². The number of fused-ring (bicyclic) bond motifs is 2. The lowest BCUT2D eigenvalue weighted by Gasteiger charge is -2.27. The summed E-state index contributed by atoms with van der Waals surface area (Å²) in [5.41, 5.74) is 11.9. The Bertz CT molecular complexity index is 1700. The first kappa shape index (κ1) is 32.1. The van der Waals surface area contributed by atoms with Gasteiger partial charge < -0.3 is 35.8 Å². The Morgan fingerprint density at radius 3 is 2.41 bits per heavy atom. The lowest BCUT2D eigenvalue weighted by atomic mass is 10.1. The van der Waals surface area contributed by atoms with E-state index in [1.54, 1.807) is 0 Å². The minimum absolute atomic E-state index is 0.0170. The predicted octanol–water partition coefficient (Wildman–Crippen LogP) is 0.158. The maximum Gasteiger partial charge on any atom is 0.472 e. The van der Waals surface area contributed by atoms with Crippen molar-refractivity contribution in [2.24, 2.45) is 0 Å². The van der Waals surface area contributed by atoms with Crippen LogP contribution in [-0.2, 0) is 32.4 Å². The SMILES string of the molecule is C[C@H](OP(=O)(O)OC[C@H]1O[C@@H](n2cnc3c(N)ncnc32)C(F)C1OC[PH](=O)O)[C@@H](OC(O)F)n1cnc2c(N)ncnc21. The molecule has 44 heavy (non-hydrogen) atoms. The molecule has 0 radical (unpaired) electrons. The van der Waals surface area contributed by atoms with Crippen molar-refractivity contribution >= 4 is 49.8 Å². The van der Waals surface area contributed by atoms with Crippen LogP contribution in [0.3, 0.4) is 0 Å². The van der Waals surface area contributed by atoms with E-state index >= 15 is 4.39 Å². The summed E-state index contributed by atoms with van der Waals surface area (Å²) in [6.07, 6.45) is -5.88. The molecule has 0 amide bonds. The van der Waals surface area contributed by atoms with Gasteiger partial charge in [0.2, 0.25) is 8.03 Å². The Labute approximate surface area is 245 Å². The van der Waals surface area contributed by atoms with Gasteiger partial charge in [-0.2, -0.15) is 4.39 Å². The zero-order chi connectivity index (χ0) is 31.8. The third-order valence-electron chi connectivity index (χ3n) is 6.34. The summed E-state index contributed by atoms with van der Waals surface area (Å²) in [6.45, 7) is -2.49. The van der Waals surface area contributed by atoms with E-state index in [4.69, 9.17) is 34.7 Å². The lowest BCUT2D eigenvalue weighted by molar-refractivity contribution is -0.246. The number of aliphatic hydroxyl groups excluding tert-OH is 1. The zero-order valence-electron chi connectivity index (χ0n) is 22.4. The van der Waals surface area contributed by atoms with Crippen LogP contribution in [0.1, 0.15) is 19.4 Å². The van der Waals surface area contributed by atoms with Gasteiger partial charge in [-0.3, -0.25) is 27.5 Å². The van der Waals surface area contributed by atoms with Crippen LogP contribution in [0.4, 0.5) is 20.4 Å². The van der Waals surface area contributed by atoms with Gasteiger partial charge in [-0.1, -0.05) is 0 Å². The van der Waals surface area contributed by atoms with Crippen molar-refractivity contribution < 1.29 is 56.1 Å². The van der Waals surface area contributed by atoms with Crippen LogP contribution in [0, 0.1) is 0 Å². The van der Waals surface area contributed by atoms with Crippen LogP contribution >= 0.6 is 15.9 Å². The van der Waals surface area contributed by atoms with E-state index in [0.717, 1.165) is 23.5 Å². The number of imidazole rings is 2. The summed E-state index contributed by atoms with van der Waals surface area (Å²) in [5, 5.41) is 9.25. The molecule has 1 aliphatic rings. The Morgan fingerprint density at radius 2 is 1.75 bits per heavy atom. The van der Waals surface area contributed by atoms with Crippen molar-refractivity contribution in [1.82, 2.24) is 39.0 Å². The number of phosphoric ester groups is 1. The molecule has 9 atom stereocenters. The van der Waals surface area contributed by atoms with Crippen molar-refractivity contribution in [3.05, 3.63) is 25.3 Å². The minimum Gasteiger partial charge on any atom is -0.382 e. The van der Waals surface area contributed by atoms with Crippen LogP contribution in [0.5, 0.6) is 0 Å². The predicted molar refractivity (Wildman–Crippen MR) is 143 cm³/mol. The van der Waals surface area contributed by atoms with Crippen molar-refractivity contribution in [2.75, 3.05) is 24.4 Å². The quantitative estimate of drug-likeness (QED) is 0.0938. The van der Waals surface area contributed by atoms with Crippen LogP contribution in [0.2, 0.25) is 0 Å². The van der Waals surface area contributed by atoms with E-state index in [-0.39, 0.29) is 34.0 Å². The molecular weight excluding hydrogens is 640 g/mol. The standard InChI is InChI=1S/C20H26F2N10O10P2/c1-8(18(41-20(22)33)31-5-29-11-14(23)25-3-27-16(11)31)42-44(36,37)39-2-9-13(38-7-43(34)35)10(21)19(40-9)32-6-30-12-15(24)26-4-28-17(12)32/h3-6,8-10,13,18-20,33,43H,2,7H2,1H3,(H,34,35)(H,36,37)(H2,23,25,27)(H2,24,26,28)/t8-,9+,10?,13?,18+,19+,20?/m0/s1. The smallest absolute Gasteiger partial charge is 0.382 e. The molecule has 4 aromatic heterocycles. The highest BCUT2D eigenvalue weighted by Crippen LogP contribution is 2.48. The average molecular weight is 666 g/mol. The first-order valence-electron chi connectivity index (χ1n) is 12.5. The topological polar surface area (TPSA) is 280 Å². The molecule has 7 N–H and O–H groups in total. The second-order valence-electron chi connectivity index (χ2n) is 9.24. The summed E-state index contributed by atoms with van der Waals surface area (Å²) < 4.78 is 81.7. The Hall–Kier alpha value is -3.30. The van der Waals surface area contributed by atoms with Crippen molar-refractivity contribution in [1.29, 1.82) is 0 Å². The fraction of sp³-hybridized carbons (Fsp3) is 0.500. The maximum atomic E-state index is 15.6. The molecule has 1 fully saturated rings. The van der Waals surface area contributed by atoms with Gasteiger partial charge >= 0.3 is 14.4 Å². The van der Waals surface area contributed by atoms with Gasteiger partial charge in [-0.05, 0) is 6.92 Å². The number of aliphatic hydroxyl groups is 1. The number of rotatable bonds is 13. The fourth-order valence-corrected chi connectivity index (χ4v) is 5.76. The second kappa shape index (κ2) is 13.0. The number of ether oxygens (including phenoxy) is 3. The number of hydrogen-bond donors (Lipinski definition) is 5. The zero-order valence-corrected chi connectivity index (χ0v) is 24.3. The second-order valence-corrected chi connectivity index (χ2v) is 11.7. The molecule has 5 rings (SSSR count). The van der Waals surface area contributed by atoms with Crippen LogP contribution in [0.15, 0.2) is 25.3 Å². The number of nitrogens with two attached hydrogens (primary N) is 2. The molecule has 5 heterocycles. The minimum atomic E-state index is -5.07. The monoisotopic (exact) mass is 666 g/mol. The highest BCUT2D eigenvalue weighted by atomic mass is 31.2. The molecule has 5 unspecified atom stereocenters. The molecule has 240 valence electrons. The fourth-order valence-electron chi connectivity index (χ4n) is 4.51. The van der Waals surface area contributed by atoms with Crippen molar-refractivity contribution in [3.63, 3.8) is 0 Å². The average Bonchev–Trinajstić information content (AvgIpc) is 3.65. The molecule has 0 saturated carbocycles. The maximum absolute atomic E-state index is 15.6. The first-order valence-corrected chi connectivity index (χ1v) is 15.5. The molecule has 0 aliphatic carbocycles. The Balaban J connectivity index is 1.33. The van der Waals surface area contributed by atoms with Gasteiger partial charge in [-0.25, -0.2) is 38.9 Å². The molecular formula is C20H26F2N10O10P2. The van der Waals surface area contributed by atoms with E-state index in [9.17, 15) is 28.4 Å². The Kier molecular flexibility index (Phi) is 9.47. The number of anilines is 2. The largest absolute Gasteiger partial charge is 0.472 e. The van der Waals surface area contributed by atoms with Crippen LogP contribution < -0.4 is 11.5 Å². The number of nitrogen functional groups attached to an aromatic ring is 2. The van der Waals surface area contributed by atoms with E-state index < -0.39 is 72.3 Å². The third kappa shape index (κ3) is 6.69. The molecule has 20 nitrogen and oxygen atoms in total. The summed E-state index contributed by atoms with van der Waals surface area (Å²) in [7, 11) is -8.28. The third-order valence-corrected chi connectivity index (χ3v) is 7.83. The van der Waals surface area contributed by atoms with E-state index in [1.807, 2.05) is 0 Å². The van der Waals surface area contributed by atoms with Gasteiger partial charge in [0, 0.05) is 0 Å². The summed E-state index contributed by atoms with van der Waals surface area (Å²) in [4.78, 5) is 43.4. The highest BCUT2D eigenvalue weighted by Gasteiger charge is 2.49. The normalized spacial score (nSPS) is 24.8. The van der Waals surface area contributed by atoms with Crippen LogP contribution in [0.25, 0.3) is 22.3 Å². The highest BCUT2D eigenvalue weighted by molar-refractivity contribution is 7.47. The summed E-state index contributed by atoms with van der Waals surface area (Å²) in [6, 6.07) is 0. The Morgan fingerprint density at radius 1 is 1.11 bits per heavy atom. The number of halogens is 2. The van der Waals surface area contributed by atoms with Crippen LogP contribution in [-0.4, -0.2) is 97.9 Å².